The fraction of sp³-hybridized carbons (Fsp3) is 0.0952. The van der Waals surface area contributed by atoms with Crippen molar-refractivity contribution in [2.24, 2.45) is 0 Å². The third kappa shape index (κ3) is 4.45. The molecular weight excluding hydrogens is 358 g/mol. The minimum atomic E-state index is -0.449. The Morgan fingerprint density at radius 3 is 2.39 bits per heavy atom. The first-order valence-electron chi connectivity index (χ1n) is 8.46. The van der Waals surface area contributed by atoms with Crippen LogP contribution in [-0.2, 0) is 4.74 Å². The van der Waals surface area contributed by atoms with Gasteiger partial charge in [-0.25, -0.2) is 4.79 Å². The molecule has 0 atom stereocenters. The molecule has 2 aromatic carbocycles. The summed E-state index contributed by atoms with van der Waals surface area (Å²) in [6.07, 6.45) is 1.52. The van der Waals surface area contributed by atoms with Crippen molar-refractivity contribution in [3.8, 4) is 5.75 Å². The molecule has 0 fully saturated rings. The van der Waals surface area contributed by atoms with E-state index in [2.05, 4.69) is 15.6 Å². The van der Waals surface area contributed by atoms with E-state index < -0.39 is 5.97 Å². The van der Waals surface area contributed by atoms with E-state index >= 15 is 0 Å². The smallest absolute Gasteiger partial charge is 0.339 e. The van der Waals surface area contributed by atoms with E-state index in [1.165, 1.54) is 13.3 Å². The molecule has 0 saturated heterocycles. The zero-order valence-electron chi connectivity index (χ0n) is 15.4. The number of hydrogen-bond acceptors (Lipinski definition) is 6. The van der Waals surface area contributed by atoms with E-state index in [4.69, 9.17) is 9.47 Å². The van der Waals surface area contributed by atoms with Crippen LogP contribution in [0.5, 0.6) is 5.75 Å². The number of carbonyl (C=O) groups excluding carboxylic acids is 2. The van der Waals surface area contributed by atoms with Gasteiger partial charge in [-0.1, -0.05) is 12.1 Å². The number of amides is 1. The number of para-hydroxylation sites is 1. The lowest BCUT2D eigenvalue weighted by molar-refractivity contribution is 0.0601. The summed E-state index contributed by atoms with van der Waals surface area (Å²) < 4.78 is 9.89. The first kappa shape index (κ1) is 18.9. The first-order valence-corrected chi connectivity index (χ1v) is 8.46. The van der Waals surface area contributed by atoms with Gasteiger partial charge in [0.2, 0.25) is 0 Å². The molecule has 0 radical (unpaired) electrons. The highest BCUT2D eigenvalue weighted by Gasteiger charge is 2.13. The predicted molar refractivity (Wildman–Crippen MR) is 106 cm³/mol. The van der Waals surface area contributed by atoms with Crippen LogP contribution >= 0.6 is 0 Å². The fourth-order valence-corrected chi connectivity index (χ4v) is 2.54. The Morgan fingerprint density at radius 1 is 0.929 bits per heavy atom. The summed E-state index contributed by atoms with van der Waals surface area (Å²) in [5.41, 5.74) is 2.44. The molecule has 1 aromatic heterocycles. The van der Waals surface area contributed by atoms with Gasteiger partial charge >= 0.3 is 5.97 Å². The van der Waals surface area contributed by atoms with E-state index in [0.717, 1.165) is 0 Å². The molecule has 0 unspecified atom stereocenters. The summed E-state index contributed by atoms with van der Waals surface area (Å²) in [6.45, 7) is 0. The third-order valence-corrected chi connectivity index (χ3v) is 3.95. The lowest BCUT2D eigenvalue weighted by Crippen LogP contribution is -2.14. The molecule has 0 saturated carbocycles. The molecule has 2 N–H and O–H groups in total. The van der Waals surface area contributed by atoms with Gasteiger partial charge in [0, 0.05) is 17.6 Å². The predicted octanol–water partition coefficient (Wildman–Crippen LogP) is 3.87. The minimum absolute atomic E-state index is 0.233. The number of rotatable bonds is 6. The highest BCUT2D eigenvalue weighted by atomic mass is 16.5. The number of methoxy groups -OCH3 is 2. The lowest BCUT2D eigenvalue weighted by atomic mass is 10.1. The number of pyridine rings is 1. The maximum atomic E-state index is 12.5. The molecule has 142 valence electrons. The Balaban J connectivity index is 1.77. The third-order valence-electron chi connectivity index (χ3n) is 3.95. The minimum Gasteiger partial charge on any atom is -0.497 e. The monoisotopic (exact) mass is 377 g/mol. The zero-order chi connectivity index (χ0) is 19.9. The largest absolute Gasteiger partial charge is 0.497 e. The molecule has 0 spiro atoms. The van der Waals surface area contributed by atoms with Crippen LogP contribution in [0.1, 0.15) is 20.8 Å². The topological polar surface area (TPSA) is 89.5 Å². The van der Waals surface area contributed by atoms with Crippen LogP contribution in [0.4, 0.5) is 17.1 Å². The Bertz CT molecular complexity index is 987. The lowest BCUT2D eigenvalue weighted by Gasteiger charge is -2.11. The van der Waals surface area contributed by atoms with Gasteiger partial charge in [0.05, 0.1) is 25.5 Å². The van der Waals surface area contributed by atoms with Crippen molar-refractivity contribution in [3.05, 3.63) is 78.1 Å². The van der Waals surface area contributed by atoms with Crippen molar-refractivity contribution >= 4 is 28.9 Å². The Hall–Kier alpha value is -3.87. The van der Waals surface area contributed by atoms with Gasteiger partial charge in [0.1, 0.15) is 11.4 Å². The SMILES string of the molecule is COC(=O)c1ccccc1Nc1ccnc(C(=O)Nc2ccc(OC)cc2)c1. The van der Waals surface area contributed by atoms with Crippen molar-refractivity contribution < 1.29 is 19.1 Å². The second-order valence-corrected chi connectivity index (χ2v) is 5.77. The van der Waals surface area contributed by atoms with Crippen LogP contribution < -0.4 is 15.4 Å². The zero-order valence-corrected chi connectivity index (χ0v) is 15.4. The number of esters is 1. The van der Waals surface area contributed by atoms with Gasteiger partial charge in [-0.15, -0.1) is 0 Å². The molecule has 0 bridgehead atoms. The summed E-state index contributed by atoms with van der Waals surface area (Å²) in [7, 11) is 2.90. The van der Waals surface area contributed by atoms with Crippen LogP contribution in [0, 0.1) is 0 Å². The number of carbonyl (C=O) groups is 2. The average molecular weight is 377 g/mol. The van der Waals surface area contributed by atoms with Crippen molar-refractivity contribution in [1.82, 2.24) is 4.98 Å². The van der Waals surface area contributed by atoms with Crippen molar-refractivity contribution in [2.45, 2.75) is 0 Å². The van der Waals surface area contributed by atoms with E-state index in [1.54, 1.807) is 67.8 Å². The van der Waals surface area contributed by atoms with Crippen molar-refractivity contribution in [2.75, 3.05) is 24.9 Å². The number of hydrogen-bond donors (Lipinski definition) is 2. The number of nitrogens with one attached hydrogen (secondary N) is 2. The number of anilines is 3. The van der Waals surface area contributed by atoms with Gasteiger partial charge in [-0.3, -0.25) is 9.78 Å². The summed E-state index contributed by atoms with van der Waals surface area (Å²) in [4.78, 5) is 28.5. The number of ether oxygens (including phenoxy) is 2. The second-order valence-electron chi connectivity index (χ2n) is 5.77. The normalized spacial score (nSPS) is 10.1. The van der Waals surface area contributed by atoms with Gasteiger partial charge in [0.15, 0.2) is 0 Å². The molecule has 0 aliphatic carbocycles. The summed E-state index contributed by atoms with van der Waals surface area (Å²) in [6, 6.07) is 17.3. The molecule has 0 aliphatic heterocycles. The summed E-state index contributed by atoms with van der Waals surface area (Å²) in [5, 5.41) is 5.91. The van der Waals surface area contributed by atoms with Crippen LogP contribution in [0.15, 0.2) is 66.9 Å². The molecule has 28 heavy (non-hydrogen) atoms. The van der Waals surface area contributed by atoms with Crippen molar-refractivity contribution in [1.29, 1.82) is 0 Å². The highest BCUT2D eigenvalue weighted by Crippen LogP contribution is 2.22. The van der Waals surface area contributed by atoms with E-state index in [9.17, 15) is 9.59 Å². The van der Waals surface area contributed by atoms with Crippen LogP contribution in [-0.4, -0.2) is 31.1 Å². The van der Waals surface area contributed by atoms with Gasteiger partial charge < -0.3 is 20.1 Å². The molecule has 7 heteroatoms. The van der Waals surface area contributed by atoms with E-state index in [-0.39, 0.29) is 11.6 Å². The Labute approximate surface area is 162 Å². The molecule has 1 heterocycles. The highest BCUT2D eigenvalue weighted by molar-refractivity contribution is 6.03. The fourth-order valence-electron chi connectivity index (χ4n) is 2.54. The van der Waals surface area contributed by atoms with E-state index in [0.29, 0.717) is 28.4 Å². The molecule has 7 nitrogen and oxygen atoms in total. The van der Waals surface area contributed by atoms with Crippen LogP contribution in [0.3, 0.4) is 0 Å². The molecular formula is C21H19N3O4. The van der Waals surface area contributed by atoms with E-state index in [1.807, 2.05) is 0 Å². The van der Waals surface area contributed by atoms with Gasteiger partial charge in [0.25, 0.3) is 5.91 Å². The summed E-state index contributed by atoms with van der Waals surface area (Å²) >= 11 is 0. The maximum Gasteiger partial charge on any atom is 0.339 e. The molecule has 0 aliphatic rings. The van der Waals surface area contributed by atoms with Crippen molar-refractivity contribution in [3.63, 3.8) is 0 Å². The maximum absolute atomic E-state index is 12.5. The summed E-state index contributed by atoms with van der Waals surface area (Å²) in [5.74, 6) is -0.101. The average Bonchev–Trinajstić information content (AvgIpc) is 2.74. The molecule has 3 aromatic rings. The number of benzene rings is 2. The standard InChI is InChI=1S/C21H19N3O4/c1-27-16-9-7-14(8-10-16)24-20(25)19-13-15(11-12-22-19)23-18-6-4-3-5-17(18)21(26)28-2/h3-13H,1-2H3,(H,22,23)(H,24,25). The van der Waals surface area contributed by atoms with Gasteiger partial charge in [-0.2, -0.15) is 0 Å². The molecule has 1 amide bonds. The Morgan fingerprint density at radius 2 is 1.68 bits per heavy atom. The van der Waals surface area contributed by atoms with Crippen LogP contribution in [0.2, 0.25) is 0 Å². The quantitative estimate of drug-likeness (QED) is 0.634. The Kier molecular flexibility index (Phi) is 5.86. The number of aromatic nitrogens is 1. The van der Waals surface area contributed by atoms with Crippen LogP contribution in [0.25, 0.3) is 0 Å². The number of nitrogens with zero attached hydrogens (tertiary/aromatic N) is 1. The first-order chi connectivity index (χ1) is 13.6. The second kappa shape index (κ2) is 8.68. The molecule has 3 rings (SSSR count). The van der Waals surface area contributed by atoms with Gasteiger partial charge in [-0.05, 0) is 48.5 Å².